The van der Waals surface area contributed by atoms with E-state index in [1.807, 2.05) is 13.8 Å². The van der Waals surface area contributed by atoms with E-state index in [9.17, 15) is 4.79 Å². The van der Waals surface area contributed by atoms with Gasteiger partial charge in [0.15, 0.2) is 5.82 Å². The molecule has 1 aromatic heterocycles. The van der Waals surface area contributed by atoms with E-state index in [-0.39, 0.29) is 11.8 Å². The Morgan fingerprint density at radius 1 is 1.47 bits per heavy atom. The van der Waals surface area contributed by atoms with Crippen LogP contribution in [-0.4, -0.2) is 20.9 Å². The number of amides is 1. The van der Waals surface area contributed by atoms with E-state index in [0.29, 0.717) is 11.7 Å². The smallest absolute Gasteiger partial charge is 0.228 e. The van der Waals surface area contributed by atoms with Crippen molar-refractivity contribution >= 4 is 11.7 Å². The zero-order chi connectivity index (χ0) is 11.4. The number of aromatic nitrogens is 3. The Bertz CT molecular complexity index is 330. The summed E-state index contributed by atoms with van der Waals surface area (Å²) in [6.07, 6.45) is 1.75. The van der Waals surface area contributed by atoms with Gasteiger partial charge in [-0.2, -0.15) is 0 Å². The molecule has 5 heteroatoms. The van der Waals surface area contributed by atoms with Gasteiger partial charge in [0.05, 0.1) is 6.20 Å². The highest BCUT2D eigenvalue weighted by Crippen LogP contribution is 2.05. The lowest BCUT2D eigenvalue weighted by atomic mass is 10.2. The molecule has 0 atom stereocenters. The predicted octanol–water partition coefficient (Wildman–Crippen LogP) is 1.53. The summed E-state index contributed by atoms with van der Waals surface area (Å²) in [4.78, 5) is 11.4. The number of hydrogen-bond acceptors (Lipinski definition) is 3. The molecule has 0 spiro atoms. The van der Waals surface area contributed by atoms with Crippen molar-refractivity contribution in [3.63, 3.8) is 0 Å². The van der Waals surface area contributed by atoms with Crippen LogP contribution in [0.5, 0.6) is 0 Å². The molecule has 5 nitrogen and oxygen atoms in total. The van der Waals surface area contributed by atoms with E-state index in [1.54, 1.807) is 10.9 Å². The van der Waals surface area contributed by atoms with Gasteiger partial charge in [-0.1, -0.05) is 32.9 Å². The molecule has 0 saturated carbocycles. The molecule has 0 unspecified atom stereocenters. The van der Waals surface area contributed by atoms with Crippen LogP contribution < -0.4 is 5.32 Å². The van der Waals surface area contributed by atoms with Crippen LogP contribution in [0.1, 0.15) is 27.7 Å². The van der Waals surface area contributed by atoms with Crippen molar-refractivity contribution in [1.82, 2.24) is 15.0 Å². The zero-order valence-electron chi connectivity index (χ0n) is 9.69. The number of anilines is 1. The van der Waals surface area contributed by atoms with Crippen molar-refractivity contribution < 1.29 is 4.79 Å². The van der Waals surface area contributed by atoms with Crippen molar-refractivity contribution in [2.75, 3.05) is 5.32 Å². The summed E-state index contributed by atoms with van der Waals surface area (Å²) in [7, 11) is 0. The van der Waals surface area contributed by atoms with Gasteiger partial charge in [0.2, 0.25) is 5.91 Å². The van der Waals surface area contributed by atoms with Gasteiger partial charge in [0.1, 0.15) is 0 Å². The first-order valence-corrected chi connectivity index (χ1v) is 5.20. The minimum atomic E-state index is -0.0414. The average Bonchev–Trinajstić information content (AvgIpc) is 2.51. The third-order valence-corrected chi connectivity index (χ3v) is 1.87. The first-order valence-electron chi connectivity index (χ1n) is 5.20. The monoisotopic (exact) mass is 210 g/mol. The number of hydrogen-bond donors (Lipinski definition) is 1. The lowest BCUT2D eigenvalue weighted by Gasteiger charge is -2.03. The van der Waals surface area contributed by atoms with E-state index in [4.69, 9.17) is 0 Å². The Labute approximate surface area is 89.9 Å². The second-order valence-corrected chi connectivity index (χ2v) is 4.36. The van der Waals surface area contributed by atoms with Crippen molar-refractivity contribution in [1.29, 1.82) is 0 Å². The standard InChI is InChI=1S/C10H18N4O/c1-7(2)5-14-6-9(12-13-14)11-10(15)8(3)4/h6-8H,5H2,1-4H3,(H,11,15). The first kappa shape index (κ1) is 11.7. The SMILES string of the molecule is CC(C)Cn1cc(NC(=O)C(C)C)nn1. The molecule has 1 heterocycles. The highest BCUT2D eigenvalue weighted by atomic mass is 16.1. The van der Waals surface area contributed by atoms with Crippen molar-refractivity contribution in [3.05, 3.63) is 6.20 Å². The molecule has 0 saturated heterocycles. The van der Waals surface area contributed by atoms with Crippen LogP contribution >= 0.6 is 0 Å². The Hall–Kier alpha value is -1.39. The Morgan fingerprint density at radius 2 is 2.13 bits per heavy atom. The third kappa shape index (κ3) is 3.69. The van der Waals surface area contributed by atoms with Crippen LogP contribution in [0.3, 0.4) is 0 Å². The molecule has 0 aliphatic carbocycles. The molecular weight excluding hydrogens is 192 g/mol. The molecule has 1 N–H and O–H groups in total. The summed E-state index contributed by atoms with van der Waals surface area (Å²) in [6.45, 7) is 8.70. The Kier molecular flexibility index (Phi) is 3.82. The van der Waals surface area contributed by atoms with Crippen LogP contribution in [0.15, 0.2) is 6.20 Å². The number of nitrogens with one attached hydrogen (secondary N) is 1. The fraction of sp³-hybridized carbons (Fsp3) is 0.700. The van der Waals surface area contributed by atoms with Crippen LogP contribution in [0.4, 0.5) is 5.82 Å². The normalized spacial score (nSPS) is 11.1. The molecule has 0 aliphatic heterocycles. The van der Waals surface area contributed by atoms with E-state index < -0.39 is 0 Å². The summed E-state index contributed by atoms with van der Waals surface area (Å²) < 4.78 is 1.74. The number of rotatable bonds is 4. The number of carbonyl (C=O) groups is 1. The van der Waals surface area contributed by atoms with Gasteiger partial charge in [0.25, 0.3) is 0 Å². The summed E-state index contributed by atoms with van der Waals surface area (Å²) >= 11 is 0. The van der Waals surface area contributed by atoms with Gasteiger partial charge >= 0.3 is 0 Å². The van der Waals surface area contributed by atoms with Crippen LogP contribution in [-0.2, 0) is 11.3 Å². The summed E-state index contributed by atoms with van der Waals surface area (Å²) in [5, 5.41) is 10.5. The zero-order valence-corrected chi connectivity index (χ0v) is 9.69. The van der Waals surface area contributed by atoms with Crippen LogP contribution in [0.2, 0.25) is 0 Å². The second kappa shape index (κ2) is 4.91. The molecule has 0 bridgehead atoms. The van der Waals surface area contributed by atoms with Gasteiger partial charge in [-0.15, -0.1) is 5.10 Å². The van der Waals surface area contributed by atoms with Crippen LogP contribution in [0, 0.1) is 11.8 Å². The van der Waals surface area contributed by atoms with Gasteiger partial charge < -0.3 is 5.32 Å². The van der Waals surface area contributed by atoms with Gasteiger partial charge in [-0.25, -0.2) is 0 Å². The van der Waals surface area contributed by atoms with Crippen molar-refractivity contribution in [2.45, 2.75) is 34.2 Å². The van der Waals surface area contributed by atoms with Gasteiger partial charge in [0, 0.05) is 12.5 Å². The summed E-state index contributed by atoms with van der Waals surface area (Å²) in [5.74, 6) is 0.960. The third-order valence-electron chi connectivity index (χ3n) is 1.87. The topological polar surface area (TPSA) is 59.8 Å². The fourth-order valence-electron chi connectivity index (χ4n) is 1.09. The van der Waals surface area contributed by atoms with E-state index >= 15 is 0 Å². The molecular formula is C10H18N4O. The Morgan fingerprint density at radius 3 is 2.67 bits per heavy atom. The molecule has 0 aromatic carbocycles. The lowest BCUT2D eigenvalue weighted by molar-refractivity contribution is -0.118. The quantitative estimate of drug-likeness (QED) is 0.819. The second-order valence-electron chi connectivity index (χ2n) is 4.36. The van der Waals surface area contributed by atoms with Crippen molar-refractivity contribution in [3.8, 4) is 0 Å². The Balaban J connectivity index is 2.56. The molecule has 0 fully saturated rings. The van der Waals surface area contributed by atoms with E-state index in [2.05, 4.69) is 29.5 Å². The first-order chi connectivity index (χ1) is 6.99. The fourth-order valence-corrected chi connectivity index (χ4v) is 1.09. The largest absolute Gasteiger partial charge is 0.308 e. The predicted molar refractivity (Wildman–Crippen MR) is 58.3 cm³/mol. The minimum absolute atomic E-state index is 0.0356. The maximum absolute atomic E-state index is 11.4. The molecule has 15 heavy (non-hydrogen) atoms. The summed E-state index contributed by atoms with van der Waals surface area (Å²) in [5.41, 5.74) is 0. The maximum atomic E-state index is 11.4. The van der Waals surface area contributed by atoms with Gasteiger partial charge in [-0.3, -0.25) is 9.48 Å². The molecule has 1 aromatic rings. The van der Waals surface area contributed by atoms with E-state index in [0.717, 1.165) is 6.54 Å². The molecule has 84 valence electrons. The van der Waals surface area contributed by atoms with E-state index in [1.165, 1.54) is 0 Å². The molecule has 0 radical (unpaired) electrons. The molecule has 1 amide bonds. The lowest BCUT2D eigenvalue weighted by Crippen LogP contribution is -2.17. The maximum Gasteiger partial charge on any atom is 0.228 e. The molecule has 1 rings (SSSR count). The van der Waals surface area contributed by atoms with Gasteiger partial charge in [-0.05, 0) is 5.92 Å². The molecule has 0 aliphatic rings. The number of nitrogens with zero attached hydrogens (tertiary/aromatic N) is 3. The van der Waals surface area contributed by atoms with Crippen molar-refractivity contribution in [2.24, 2.45) is 11.8 Å². The average molecular weight is 210 g/mol. The highest BCUT2D eigenvalue weighted by Gasteiger charge is 2.09. The minimum Gasteiger partial charge on any atom is -0.308 e. The number of carbonyl (C=O) groups excluding carboxylic acids is 1. The summed E-state index contributed by atoms with van der Waals surface area (Å²) in [6, 6.07) is 0. The highest BCUT2D eigenvalue weighted by molar-refractivity contribution is 5.90. The van der Waals surface area contributed by atoms with Crippen LogP contribution in [0.25, 0.3) is 0 Å².